The van der Waals surface area contributed by atoms with Gasteiger partial charge in [-0.25, -0.2) is 0 Å². The molecule has 0 unspecified atom stereocenters. The average molecular weight is 183 g/mol. The van der Waals surface area contributed by atoms with Crippen molar-refractivity contribution in [2.45, 2.75) is 58.9 Å². The molecule has 1 nitrogen and oxygen atoms in total. The number of nitrogens with one attached hydrogen (secondary N) is 1. The number of hydrogen-bond donors (Lipinski definition) is 1. The normalized spacial score (nSPS) is 30.5. The van der Waals surface area contributed by atoms with Crippen LogP contribution in [0.3, 0.4) is 0 Å². The molecule has 0 bridgehead atoms. The van der Waals surface area contributed by atoms with E-state index < -0.39 is 0 Å². The Hall–Kier alpha value is -0.0400. The van der Waals surface area contributed by atoms with Gasteiger partial charge in [-0.1, -0.05) is 33.6 Å². The van der Waals surface area contributed by atoms with E-state index in [0.29, 0.717) is 0 Å². The van der Waals surface area contributed by atoms with Gasteiger partial charge >= 0.3 is 0 Å². The van der Waals surface area contributed by atoms with Crippen LogP contribution in [0.25, 0.3) is 0 Å². The van der Waals surface area contributed by atoms with E-state index in [2.05, 4.69) is 26.1 Å². The Balaban J connectivity index is 2.30. The molecule has 13 heavy (non-hydrogen) atoms. The fourth-order valence-electron chi connectivity index (χ4n) is 2.40. The summed E-state index contributed by atoms with van der Waals surface area (Å²) < 4.78 is 0. The van der Waals surface area contributed by atoms with Gasteiger partial charge in [-0.2, -0.15) is 0 Å². The first kappa shape index (κ1) is 11.0. The van der Waals surface area contributed by atoms with Crippen molar-refractivity contribution >= 4 is 0 Å². The van der Waals surface area contributed by atoms with E-state index in [1.165, 1.54) is 38.6 Å². The SMILES string of the molecule is CCC[C@H]1CCN[C@@H](C(C)C)CC1. The summed E-state index contributed by atoms with van der Waals surface area (Å²) in [6.07, 6.45) is 7.03. The lowest BCUT2D eigenvalue weighted by Gasteiger charge is -2.19. The van der Waals surface area contributed by atoms with Crippen molar-refractivity contribution < 1.29 is 0 Å². The Kier molecular flexibility index (Phi) is 4.79. The zero-order chi connectivity index (χ0) is 9.68. The van der Waals surface area contributed by atoms with Gasteiger partial charge in [-0.15, -0.1) is 0 Å². The van der Waals surface area contributed by atoms with Crippen LogP contribution < -0.4 is 5.32 Å². The third-order valence-corrected chi connectivity index (χ3v) is 3.35. The molecule has 0 amide bonds. The average Bonchev–Trinajstić information content (AvgIpc) is 2.30. The number of hydrogen-bond acceptors (Lipinski definition) is 1. The molecule has 0 aromatic rings. The highest BCUT2D eigenvalue weighted by Crippen LogP contribution is 2.23. The lowest BCUT2D eigenvalue weighted by molar-refractivity contribution is 0.382. The van der Waals surface area contributed by atoms with Crippen molar-refractivity contribution in [1.29, 1.82) is 0 Å². The second-order valence-corrected chi connectivity index (χ2v) is 4.83. The summed E-state index contributed by atoms with van der Waals surface area (Å²) in [5.41, 5.74) is 0. The van der Waals surface area contributed by atoms with Gasteiger partial charge in [0.2, 0.25) is 0 Å². The van der Waals surface area contributed by atoms with Crippen molar-refractivity contribution in [3.8, 4) is 0 Å². The lowest BCUT2D eigenvalue weighted by Crippen LogP contribution is -2.32. The van der Waals surface area contributed by atoms with Crippen LogP contribution in [-0.2, 0) is 0 Å². The van der Waals surface area contributed by atoms with Crippen molar-refractivity contribution in [3.05, 3.63) is 0 Å². The maximum atomic E-state index is 3.67. The predicted molar refractivity (Wildman–Crippen MR) is 58.9 cm³/mol. The van der Waals surface area contributed by atoms with Gasteiger partial charge in [-0.3, -0.25) is 0 Å². The van der Waals surface area contributed by atoms with Gasteiger partial charge in [0.15, 0.2) is 0 Å². The van der Waals surface area contributed by atoms with Crippen LogP contribution in [0.15, 0.2) is 0 Å². The van der Waals surface area contributed by atoms with Crippen LogP contribution in [0.1, 0.15) is 52.9 Å². The van der Waals surface area contributed by atoms with Gasteiger partial charge in [0.25, 0.3) is 0 Å². The summed E-state index contributed by atoms with van der Waals surface area (Å²) in [7, 11) is 0. The molecule has 1 heteroatoms. The van der Waals surface area contributed by atoms with Gasteiger partial charge in [0, 0.05) is 6.04 Å². The third-order valence-electron chi connectivity index (χ3n) is 3.35. The third kappa shape index (κ3) is 3.68. The molecule has 0 saturated carbocycles. The Bertz CT molecular complexity index is 131. The van der Waals surface area contributed by atoms with E-state index in [0.717, 1.165) is 17.9 Å². The molecule has 1 rings (SSSR count). The molecule has 0 aromatic carbocycles. The quantitative estimate of drug-likeness (QED) is 0.708. The van der Waals surface area contributed by atoms with Crippen LogP contribution in [0, 0.1) is 11.8 Å². The zero-order valence-electron chi connectivity index (χ0n) is 9.47. The zero-order valence-corrected chi connectivity index (χ0v) is 9.47. The summed E-state index contributed by atoms with van der Waals surface area (Å²) in [4.78, 5) is 0. The smallest absolute Gasteiger partial charge is 0.00901 e. The first-order valence-corrected chi connectivity index (χ1v) is 5.97. The molecule has 0 aromatic heterocycles. The fraction of sp³-hybridized carbons (Fsp3) is 1.00. The molecule has 1 N–H and O–H groups in total. The van der Waals surface area contributed by atoms with E-state index in [4.69, 9.17) is 0 Å². The second-order valence-electron chi connectivity index (χ2n) is 4.83. The van der Waals surface area contributed by atoms with Crippen molar-refractivity contribution in [2.24, 2.45) is 11.8 Å². The summed E-state index contributed by atoms with van der Waals surface area (Å²) >= 11 is 0. The minimum atomic E-state index is 0.779. The number of rotatable bonds is 3. The summed E-state index contributed by atoms with van der Waals surface area (Å²) in [6, 6.07) is 0.779. The summed E-state index contributed by atoms with van der Waals surface area (Å²) in [6.45, 7) is 8.21. The highest BCUT2D eigenvalue weighted by atomic mass is 14.9. The fourth-order valence-corrected chi connectivity index (χ4v) is 2.40. The monoisotopic (exact) mass is 183 g/mol. The van der Waals surface area contributed by atoms with E-state index in [-0.39, 0.29) is 0 Å². The van der Waals surface area contributed by atoms with Gasteiger partial charge < -0.3 is 5.32 Å². The summed E-state index contributed by atoms with van der Waals surface area (Å²) in [5.74, 6) is 1.81. The van der Waals surface area contributed by atoms with Crippen LogP contribution in [0.2, 0.25) is 0 Å². The first-order chi connectivity index (χ1) is 6.24. The van der Waals surface area contributed by atoms with Gasteiger partial charge in [0.05, 0.1) is 0 Å². The van der Waals surface area contributed by atoms with E-state index in [9.17, 15) is 0 Å². The Morgan fingerprint density at radius 3 is 2.62 bits per heavy atom. The van der Waals surface area contributed by atoms with Gasteiger partial charge in [0.1, 0.15) is 0 Å². The van der Waals surface area contributed by atoms with Crippen molar-refractivity contribution in [3.63, 3.8) is 0 Å². The molecule has 1 aliphatic rings. The molecule has 1 fully saturated rings. The second kappa shape index (κ2) is 5.64. The standard InChI is InChI=1S/C12H25N/c1-4-5-11-6-7-12(10(2)3)13-9-8-11/h10-13H,4-9H2,1-3H3/t11-,12-/m1/s1. The molecule has 78 valence electrons. The molecule has 0 radical (unpaired) electrons. The molecule has 1 aliphatic heterocycles. The van der Waals surface area contributed by atoms with E-state index >= 15 is 0 Å². The maximum absolute atomic E-state index is 3.67. The molecule has 2 atom stereocenters. The largest absolute Gasteiger partial charge is 0.314 e. The van der Waals surface area contributed by atoms with Crippen LogP contribution in [0.5, 0.6) is 0 Å². The molecular weight excluding hydrogens is 158 g/mol. The predicted octanol–water partition coefficient (Wildman–Crippen LogP) is 3.20. The molecule has 0 spiro atoms. The maximum Gasteiger partial charge on any atom is 0.00901 e. The first-order valence-electron chi connectivity index (χ1n) is 5.97. The van der Waals surface area contributed by atoms with Crippen molar-refractivity contribution in [2.75, 3.05) is 6.54 Å². The van der Waals surface area contributed by atoms with Gasteiger partial charge in [-0.05, 0) is 37.6 Å². The Labute approximate surface area is 83.3 Å². The molecule has 0 aliphatic carbocycles. The minimum Gasteiger partial charge on any atom is -0.314 e. The Morgan fingerprint density at radius 2 is 2.00 bits per heavy atom. The molecular formula is C12H25N. The molecule has 1 saturated heterocycles. The highest BCUT2D eigenvalue weighted by Gasteiger charge is 2.19. The van der Waals surface area contributed by atoms with Crippen LogP contribution in [0.4, 0.5) is 0 Å². The topological polar surface area (TPSA) is 12.0 Å². The highest BCUT2D eigenvalue weighted by molar-refractivity contribution is 4.77. The van der Waals surface area contributed by atoms with E-state index in [1.807, 2.05) is 0 Å². The van der Waals surface area contributed by atoms with Crippen molar-refractivity contribution in [1.82, 2.24) is 5.32 Å². The Morgan fingerprint density at radius 1 is 1.23 bits per heavy atom. The lowest BCUT2D eigenvalue weighted by atomic mass is 9.92. The molecule has 1 heterocycles. The minimum absolute atomic E-state index is 0.779. The van der Waals surface area contributed by atoms with Crippen LogP contribution in [-0.4, -0.2) is 12.6 Å². The van der Waals surface area contributed by atoms with Crippen LogP contribution >= 0.6 is 0 Å². The van der Waals surface area contributed by atoms with E-state index in [1.54, 1.807) is 0 Å². The summed E-state index contributed by atoms with van der Waals surface area (Å²) in [5, 5.41) is 3.67.